The molecule has 2 aromatic carbocycles. The first-order chi connectivity index (χ1) is 14.6. The fraction of sp³-hybridized carbons (Fsp3) is 0.250. The van der Waals surface area contributed by atoms with Crippen molar-refractivity contribution in [3.63, 3.8) is 0 Å². The van der Waals surface area contributed by atoms with Crippen molar-refractivity contribution in [2.24, 2.45) is 0 Å². The van der Waals surface area contributed by atoms with E-state index in [0.717, 1.165) is 35.6 Å². The molecule has 4 rings (SSSR count). The summed E-state index contributed by atoms with van der Waals surface area (Å²) in [7, 11) is 0. The number of benzene rings is 2. The number of morpholine rings is 1. The summed E-state index contributed by atoms with van der Waals surface area (Å²) in [6.45, 7) is 4.50. The fourth-order valence-electron chi connectivity index (χ4n) is 3.56. The van der Waals surface area contributed by atoms with Gasteiger partial charge in [0.2, 0.25) is 0 Å². The fourth-order valence-corrected chi connectivity index (χ4v) is 3.56. The lowest BCUT2D eigenvalue weighted by atomic mass is 10.0. The maximum atomic E-state index is 12.9. The van der Waals surface area contributed by atoms with Gasteiger partial charge in [0.05, 0.1) is 13.2 Å². The van der Waals surface area contributed by atoms with Crippen molar-refractivity contribution >= 4 is 17.4 Å². The first kappa shape index (κ1) is 20.0. The van der Waals surface area contributed by atoms with Crippen LogP contribution in [0.3, 0.4) is 0 Å². The monoisotopic (exact) mass is 405 g/mol. The molecule has 0 aliphatic carbocycles. The summed E-state index contributed by atoms with van der Waals surface area (Å²) in [6.07, 6.45) is 1.81. The Morgan fingerprint density at radius 3 is 2.77 bits per heavy atom. The summed E-state index contributed by atoms with van der Waals surface area (Å²) in [5.41, 5.74) is 4.79. The molecular weight excluding hydrogens is 381 g/mol. The van der Waals surface area contributed by atoms with Gasteiger partial charge in [-0.05, 0) is 65.6 Å². The zero-order valence-electron chi connectivity index (χ0n) is 16.9. The van der Waals surface area contributed by atoms with Crippen molar-refractivity contribution in [2.45, 2.75) is 13.6 Å². The largest absolute Gasteiger partial charge is 0.378 e. The number of rotatable bonds is 5. The summed E-state index contributed by atoms with van der Waals surface area (Å²) in [6, 6.07) is 16.5. The minimum atomic E-state index is -0.594. The molecule has 1 aromatic heterocycles. The van der Waals surface area contributed by atoms with E-state index in [1.54, 1.807) is 24.3 Å². The molecule has 3 aromatic rings. The van der Waals surface area contributed by atoms with E-state index in [1.165, 1.54) is 0 Å². The van der Waals surface area contributed by atoms with E-state index < -0.39 is 6.67 Å². The zero-order valence-corrected chi connectivity index (χ0v) is 16.9. The second-order valence-electron chi connectivity index (χ2n) is 7.32. The molecule has 1 N–H and O–H groups in total. The maximum absolute atomic E-state index is 12.9. The highest BCUT2D eigenvalue weighted by atomic mass is 19.1. The van der Waals surface area contributed by atoms with E-state index in [4.69, 9.17) is 4.74 Å². The Morgan fingerprint density at radius 1 is 1.13 bits per heavy atom. The van der Waals surface area contributed by atoms with Crippen LogP contribution in [0.2, 0.25) is 0 Å². The van der Waals surface area contributed by atoms with E-state index in [1.807, 2.05) is 37.4 Å². The molecule has 0 unspecified atom stereocenters. The second-order valence-corrected chi connectivity index (χ2v) is 7.32. The SMILES string of the molecule is Cc1ccc(NC(=O)c2cccc(CF)c2)cc1-c1ccnc(N2CCOCC2)c1. The number of carbonyl (C=O) groups excluding carboxylic acids is 1. The lowest BCUT2D eigenvalue weighted by molar-refractivity contribution is 0.102. The molecule has 0 radical (unpaired) electrons. The van der Waals surface area contributed by atoms with Crippen molar-refractivity contribution in [2.75, 3.05) is 36.5 Å². The molecule has 0 saturated carbocycles. The first-order valence-electron chi connectivity index (χ1n) is 10.00. The third-order valence-corrected chi connectivity index (χ3v) is 5.23. The number of amides is 1. The van der Waals surface area contributed by atoms with Gasteiger partial charge in [-0.1, -0.05) is 18.2 Å². The maximum Gasteiger partial charge on any atom is 0.255 e. The number of alkyl halides is 1. The van der Waals surface area contributed by atoms with Crippen LogP contribution in [-0.2, 0) is 11.4 Å². The second kappa shape index (κ2) is 9.05. The number of carbonyl (C=O) groups is 1. The molecule has 5 nitrogen and oxygen atoms in total. The number of hydrogen-bond acceptors (Lipinski definition) is 4. The van der Waals surface area contributed by atoms with Crippen LogP contribution in [0.1, 0.15) is 21.5 Å². The third kappa shape index (κ3) is 4.49. The molecule has 1 amide bonds. The summed E-state index contributed by atoms with van der Waals surface area (Å²) in [5.74, 6) is 0.663. The van der Waals surface area contributed by atoms with Crippen LogP contribution in [-0.4, -0.2) is 37.2 Å². The number of aromatic nitrogens is 1. The van der Waals surface area contributed by atoms with Crippen molar-refractivity contribution in [3.8, 4) is 11.1 Å². The van der Waals surface area contributed by atoms with Gasteiger partial charge in [0.1, 0.15) is 12.5 Å². The lowest BCUT2D eigenvalue weighted by Gasteiger charge is -2.28. The van der Waals surface area contributed by atoms with E-state index >= 15 is 0 Å². The van der Waals surface area contributed by atoms with Crippen molar-refractivity contribution in [1.29, 1.82) is 0 Å². The molecule has 2 heterocycles. The number of pyridine rings is 1. The Morgan fingerprint density at radius 2 is 1.97 bits per heavy atom. The average Bonchev–Trinajstić information content (AvgIpc) is 2.81. The van der Waals surface area contributed by atoms with Crippen LogP contribution in [0.25, 0.3) is 11.1 Å². The van der Waals surface area contributed by atoms with Gasteiger partial charge in [0, 0.05) is 30.5 Å². The van der Waals surface area contributed by atoms with E-state index in [0.29, 0.717) is 30.0 Å². The van der Waals surface area contributed by atoms with Crippen molar-refractivity contribution in [3.05, 3.63) is 77.5 Å². The third-order valence-electron chi connectivity index (χ3n) is 5.23. The number of nitrogens with one attached hydrogen (secondary N) is 1. The Labute approximate surface area is 175 Å². The topological polar surface area (TPSA) is 54.5 Å². The predicted molar refractivity (Wildman–Crippen MR) is 117 cm³/mol. The van der Waals surface area contributed by atoms with Gasteiger partial charge in [-0.2, -0.15) is 0 Å². The zero-order chi connectivity index (χ0) is 20.9. The summed E-state index contributed by atoms with van der Waals surface area (Å²) >= 11 is 0. The summed E-state index contributed by atoms with van der Waals surface area (Å²) in [5, 5.41) is 2.92. The molecule has 0 bridgehead atoms. The number of halogens is 1. The van der Waals surface area contributed by atoms with Gasteiger partial charge >= 0.3 is 0 Å². The van der Waals surface area contributed by atoms with Crippen LogP contribution in [0.15, 0.2) is 60.8 Å². The molecule has 1 saturated heterocycles. The minimum absolute atomic E-state index is 0.260. The Balaban J connectivity index is 1.58. The number of aryl methyl sites for hydroxylation is 1. The van der Waals surface area contributed by atoms with Crippen LogP contribution in [0.5, 0.6) is 0 Å². The van der Waals surface area contributed by atoms with Gasteiger partial charge in [-0.25, -0.2) is 9.37 Å². The molecular formula is C24H24FN3O2. The molecule has 0 atom stereocenters. The van der Waals surface area contributed by atoms with Gasteiger partial charge in [-0.3, -0.25) is 4.79 Å². The molecule has 1 aliphatic heterocycles. The molecule has 6 heteroatoms. The normalized spacial score (nSPS) is 13.9. The van der Waals surface area contributed by atoms with E-state index in [2.05, 4.69) is 21.3 Å². The minimum Gasteiger partial charge on any atom is -0.378 e. The number of hydrogen-bond donors (Lipinski definition) is 1. The Hall–Kier alpha value is -3.25. The van der Waals surface area contributed by atoms with Crippen LogP contribution in [0, 0.1) is 6.92 Å². The summed E-state index contributed by atoms with van der Waals surface area (Å²) < 4.78 is 18.3. The first-order valence-corrected chi connectivity index (χ1v) is 10.00. The quantitative estimate of drug-likeness (QED) is 0.673. The van der Waals surface area contributed by atoms with Gasteiger partial charge < -0.3 is 15.0 Å². The van der Waals surface area contributed by atoms with Crippen molar-refractivity contribution in [1.82, 2.24) is 4.98 Å². The number of ether oxygens (including phenoxy) is 1. The highest BCUT2D eigenvalue weighted by Gasteiger charge is 2.14. The summed E-state index contributed by atoms with van der Waals surface area (Å²) in [4.78, 5) is 19.3. The molecule has 30 heavy (non-hydrogen) atoms. The predicted octanol–water partition coefficient (Wildman–Crippen LogP) is 4.62. The number of anilines is 2. The van der Waals surface area contributed by atoms with Gasteiger partial charge in [-0.15, -0.1) is 0 Å². The molecule has 0 spiro atoms. The highest BCUT2D eigenvalue weighted by molar-refractivity contribution is 6.04. The lowest BCUT2D eigenvalue weighted by Crippen LogP contribution is -2.36. The van der Waals surface area contributed by atoms with Crippen LogP contribution >= 0.6 is 0 Å². The number of nitrogens with zero attached hydrogens (tertiary/aromatic N) is 2. The van der Waals surface area contributed by atoms with Crippen LogP contribution < -0.4 is 10.2 Å². The van der Waals surface area contributed by atoms with Crippen LogP contribution in [0.4, 0.5) is 15.9 Å². The van der Waals surface area contributed by atoms with E-state index in [-0.39, 0.29) is 5.91 Å². The van der Waals surface area contributed by atoms with Crippen molar-refractivity contribution < 1.29 is 13.9 Å². The molecule has 1 aliphatic rings. The Bertz CT molecular complexity index is 1050. The van der Waals surface area contributed by atoms with E-state index in [9.17, 15) is 9.18 Å². The Kier molecular flexibility index (Phi) is 6.05. The van der Waals surface area contributed by atoms with Gasteiger partial charge in [0.25, 0.3) is 5.91 Å². The molecule has 154 valence electrons. The average molecular weight is 405 g/mol. The molecule has 1 fully saturated rings. The van der Waals surface area contributed by atoms with Gasteiger partial charge in [0.15, 0.2) is 0 Å². The highest BCUT2D eigenvalue weighted by Crippen LogP contribution is 2.29. The standard InChI is InChI=1S/C24H24FN3O2/c1-17-5-6-21(27-24(29)20-4-2-3-18(13-20)16-25)15-22(17)19-7-8-26-23(14-19)28-9-11-30-12-10-28/h2-8,13-15H,9-12,16H2,1H3,(H,27,29). The smallest absolute Gasteiger partial charge is 0.255 e.